The SMILES string of the molecule is COC(=O)C(C)SCc1noc(C2CC2)n1. The first-order valence-electron chi connectivity index (χ1n) is 5.22. The first-order chi connectivity index (χ1) is 7.70. The summed E-state index contributed by atoms with van der Waals surface area (Å²) in [5.41, 5.74) is 0. The topological polar surface area (TPSA) is 65.2 Å². The summed E-state index contributed by atoms with van der Waals surface area (Å²) in [6, 6.07) is 0. The molecule has 1 aliphatic carbocycles. The molecule has 6 heteroatoms. The lowest BCUT2D eigenvalue weighted by Gasteiger charge is -2.05. The Kier molecular flexibility index (Phi) is 3.48. The number of carbonyl (C=O) groups is 1. The highest BCUT2D eigenvalue weighted by Gasteiger charge is 2.29. The largest absolute Gasteiger partial charge is 0.468 e. The molecular formula is C10H14N2O3S. The molecule has 1 fully saturated rings. The molecule has 16 heavy (non-hydrogen) atoms. The second kappa shape index (κ2) is 4.86. The molecule has 0 aromatic carbocycles. The zero-order valence-electron chi connectivity index (χ0n) is 9.30. The van der Waals surface area contributed by atoms with Crippen LogP contribution < -0.4 is 0 Å². The van der Waals surface area contributed by atoms with E-state index >= 15 is 0 Å². The average molecular weight is 242 g/mol. The Morgan fingerprint density at radius 1 is 1.69 bits per heavy atom. The number of rotatable bonds is 5. The van der Waals surface area contributed by atoms with Gasteiger partial charge in [0.05, 0.1) is 12.9 Å². The minimum absolute atomic E-state index is 0.201. The van der Waals surface area contributed by atoms with E-state index in [0.717, 1.165) is 18.7 Å². The van der Waals surface area contributed by atoms with E-state index in [0.29, 0.717) is 17.5 Å². The van der Waals surface area contributed by atoms with Crippen LogP contribution in [0.1, 0.15) is 37.4 Å². The minimum Gasteiger partial charge on any atom is -0.468 e. The Labute approximate surface area is 97.9 Å². The molecule has 1 aliphatic rings. The lowest BCUT2D eigenvalue weighted by atomic mass is 10.4. The number of thioether (sulfide) groups is 1. The molecule has 1 saturated carbocycles. The predicted octanol–water partition coefficient (Wildman–Crippen LogP) is 1.74. The third kappa shape index (κ3) is 2.75. The fraction of sp³-hybridized carbons (Fsp3) is 0.700. The maximum atomic E-state index is 11.1. The highest BCUT2D eigenvalue weighted by Crippen LogP contribution is 2.39. The normalized spacial score (nSPS) is 17.1. The van der Waals surface area contributed by atoms with E-state index in [4.69, 9.17) is 4.52 Å². The van der Waals surface area contributed by atoms with Crippen molar-refractivity contribution in [3.05, 3.63) is 11.7 Å². The molecule has 0 amide bonds. The van der Waals surface area contributed by atoms with E-state index in [1.807, 2.05) is 0 Å². The molecule has 88 valence electrons. The van der Waals surface area contributed by atoms with Crippen molar-refractivity contribution in [2.75, 3.05) is 7.11 Å². The zero-order chi connectivity index (χ0) is 11.5. The summed E-state index contributed by atoms with van der Waals surface area (Å²) in [6.07, 6.45) is 2.29. The van der Waals surface area contributed by atoms with Crippen LogP contribution in [0, 0.1) is 0 Å². The Balaban J connectivity index is 1.82. The van der Waals surface area contributed by atoms with E-state index in [9.17, 15) is 4.79 Å². The number of aromatic nitrogens is 2. The monoisotopic (exact) mass is 242 g/mol. The Morgan fingerprint density at radius 3 is 3.06 bits per heavy atom. The van der Waals surface area contributed by atoms with Crippen LogP contribution in [0.2, 0.25) is 0 Å². The number of esters is 1. The van der Waals surface area contributed by atoms with Crippen LogP contribution in [-0.2, 0) is 15.3 Å². The zero-order valence-corrected chi connectivity index (χ0v) is 10.1. The van der Waals surface area contributed by atoms with Gasteiger partial charge in [-0.15, -0.1) is 11.8 Å². The van der Waals surface area contributed by atoms with Gasteiger partial charge in [0, 0.05) is 5.92 Å². The van der Waals surface area contributed by atoms with Crippen molar-refractivity contribution in [2.45, 2.75) is 36.7 Å². The molecular weight excluding hydrogens is 228 g/mol. The number of hydrogen-bond acceptors (Lipinski definition) is 6. The van der Waals surface area contributed by atoms with E-state index in [1.54, 1.807) is 6.92 Å². The molecule has 1 heterocycles. The molecule has 1 aromatic rings. The van der Waals surface area contributed by atoms with Crippen molar-refractivity contribution in [3.8, 4) is 0 Å². The number of hydrogen-bond donors (Lipinski definition) is 0. The van der Waals surface area contributed by atoms with Gasteiger partial charge in [0.15, 0.2) is 5.82 Å². The van der Waals surface area contributed by atoms with Crippen molar-refractivity contribution in [2.24, 2.45) is 0 Å². The average Bonchev–Trinajstić information content (AvgIpc) is 3.05. The predicted molar refractivity (Wildman–Crippen MR) is 59.0 cm³/mol. The smallest absolute Gasteiger partial charge is 0.318 e. The Bertz CT molecular complexity index is 376. The maximum Gasteiger partial charge on any atom is 0.318 e. The van der Waals surface area contributed by atoms with Crippen molar-refractivity contribution < 1.29 is 14.1 Å². The summed E-state index contributed by atoms with van der Waals surface area (Å²) in [5, 5.41) is 3.67. The van der Waals surface area contributed by atoms with E-state index in [-0.39, 0.29) is 11.2 Å². The van der Waals surface area contributed by atoms with Crippen LogP contribution in [0.15, 0.2) is 4.52 Å². The van der Waals surface area contributed by atoms with Gasteiger partial charge in [-0.05, 0) is 19.8 Å². The summed E-state index contributed by atoms with van der Waals surface area (Å²) in [7, 11) is 1.39. The van der Waals surface area contributed by atoms with E-state index < -0.39 is 0 Å². The lowest BCUT2D eigenvalue weighted by Crippen LogP contribution is -2.15. The van der Waals surface area contributed by atoms with Gasteiger partial charge >= 0.3 is 5.97 Å². The van der Waals surface area contributed by atoms with Crippen LogP contribution in [-0.4, -0.2) is 28.5 Å². The summed E-state index contributed by atoms with van der Waals surface area (Å²) in [6.45, 7) is 1.80. The van der Waals surface area contributed by atoms with Gasteiger partial charge in [0.2, 0.25) is 5.89 Å². The second-order valence-electron chi connectivity index (χ2n) is 3.80. The standard InChI is InChI=1S/C10H14N2O3S/c1-6(10(13)14-2)16-5-8-11-9(15-12-8)7-3-4-7/h6-7H,3-5H2,1-2H3. The number of methoxy groups -OCH3 is 1. The minimum atomic E-state index is -0.226. The maximum absolute atomic E-state index is 11.1. The van der Waals surface area contributed by atoms with Crippen LogP contribution >= 0.6 is 11.8 Å². The fourth-order valence-electron chi connectivity index (χ4n) is 1.26. The second-order valence-corrected chi connectivity index (χ2v) is 5.13. The molecule has 1 atom stereocenters. The summed E-state index contributed by atoms with van der Waals surface area (Å²) in [4.78, 5) is 15.4. The number of nitrogens with zero attached hydrogens (tertiary/aromatic N) is 2. The highest BCUT2D eigenvalue weighted by atomic mass is 32.2. The van der Waals surface area contributed by atoms with Gasteiger partial charge in [0.25, 0.3) is 0 Å². The highest BCUT2D eigenvalue weighted by molar-refractivity contribution is 7.99. The molecule has 0 spiro atoms. The summed E-state index contributed by atoms with van der Waals surface area (Å²) >= 11 is 1.45. The van der Waals surface area contributed by atoms with Gasteiger partial charge in [-0.3, -0.25) is 4.79 Å². The van der Waals surface area contributed by atoms with Gasteiger partial charge in [-0.25, -0.2) is 0 Å². The van der Waals surface area contributed by atoms with Gasteiger partial charge in [0.1, 0.15) is 5.25 Å². The molecule has 0 aliphatic heterocycles. The van der Waals surface area contributed by atoms with Crippen LogP contribution in [0.4, 0.5) is 0 Å². The molecule has 1 aromatic heterocycles. The third-order valence-corrected chi connectivity index (χ3v) is 3.52. The van der Waals surface area contributed by atoms with Crippen molar-refractivity contribution in [3.63, 3.8) is 0 Å². The lowest BCUT2D eigenvalue weighted by molar-refractivity contribution is -0.139. The van der Waals surface area contributed by atoms with Crippen LogP contribution in [0.5, 0.6) is 0 Å². The first kappa shape index (κ1) is 11.4. The first-order valence-corrected chi connectivity index (χ1v) is 6.27. The Hall–Kier alpha value is -1.04. The van der Waals surface area contributed by atoms with Crippen molar-refractivity contribution >= 4 is 17.7 Å². The molecule has 2 rings (SSSR count). The number of ether oxygens (including phenoxy) is 1. The van der Waals surface area contributed by atoms with E-state index in [1.165, 1.54) is 18.9 Å². The molecule has 0 N–H and O–H groups in total. The van der Waals surface area contributed by atoms with Gasteiger partial charge < -0.3 is 9.26 Å². The molecule has 0 bridgehead atoms. The van der Waals surface area contributed by atoms with Crippen molar-refractivity contribution in [1.82, 2.24) is 10.1 Å². The molecule has 5 nitrogen and oxygen atoms in total. The third-order valence-electron chi connectivity index (χ3n) is 2.41. The quantitative estimate of drug-likeness (QED) is 0.733. The van der Waals surface area contributed by atoms with Gasteiger partial charge in [-0.1, -0.05) is 5.16 Å². The fourth-order valence-corrected chi connectivity index (χ4v) is 2.00. The van der Waals surface area contributed by atoms with E-state index in [2.05, 4.69) is 14.9 Å². The van der Waals surface area contributed by atoms with Crippen molar-refractivity contribution in [1.29, 1.82) is 0 Å². The number of carbonyl (C=O) groups excluding carboxylic acids is 1. The molecule has 0 saturated heterocycles. The summed E-state index contributed by atoms with van der Waals surface area (Å²) < 4.78 is 9.75. The van der Waals surface area contributed by atoms with Crippen LogP contribution in [0.3, 0.4) is 0 Å². The Morgan fingerprint density at radius 2 is 2.44 bits per heavy atom. The summed E-state index contributed by atoms with van der Waals surface area (Å²) in [5.74, 6) is 2.22. The van der Waals surface area contributed by atoms with Crippen LogP contribution in [0.25, 0.3) is 0 Å². The molecule has 1 unspecified atom stereocenters. The van der Waals surface area contributed by atoms with Gasteiger partial charge in [-0.2, -0.15) is 4.98 Å². The molecule has 0 radical (unpaired) electrons.